The Morgan fingerprint density at radius 2 is 2.00 bits per heavy atom. The number of ether oxygens (including phenoxy) is 2. The number of esters is 1. The topological polar surface area (TPSA) is 93.7 Å². The monoisotopic (exact) mass is 368 g/mol. The largest absolute Gasteiger partial charge is 0.493 e. The molecule has 0 unspecified atom stereocenters. The van der Waals surface area contributed by atoms with Crippen LogP contribution in [0.4, 0.5) is 5.69 Å². The minimum atomic E-state index is -0.535. The average Bonchev–Trinajstić information content (AvgIpc) is 3.13. The van der Waals surface area contributed by atoms with E-state index in [-0.39, 0.29) is 18.9 Å². The number of fused-ring (bicyclic) bond motifs is 1. The molecule has 0 radical (unpaired) electrons. The molecule has 0 spiro atoms. The molecule has 7 heteroatoms. The zero-order chi connectivity index (χ0) is 19.2. The van der Waals surface area contributed by atoms with Crippen LogP contribution in [0.3, 0.4) is 0 Å². The number of carbonyl (C=O) groups excluding carboxylic acids is 3. The first kappa shape index (κ1) is 18.4. The molecular formula is C20H20N2O5. The van der Waals surface area contributed by atoms with Crippen LogP contribution < -0.4 is 15.4 Å². The summed E-state index contributed by atoms with van der Waals surface area (Å²) in [6.45, 7) is 0.462. The second-order valence-electron chi connectivity index (χ2n) is 6.11. The molecule has 0 bridgehead atoms. The van der Waals surface area contributed by atoms with E-state index < -0.39 is 11.9 Å². The molecule has 0 aliphatic carbocycles. The van der Waals surface area contributed by atoms with Crippen molar-refractivity contribution in [1.29, 1.82) is 0 Å². The number of methoxy groups -OCH3 is 1. The van der Waals surface area contributed by atoms with Crippen LogP contribution in [0.5, 0.6) is 5.75 Å². The van der Waals surface area contributed by atoms with Crippen LogP contribution in [0.15, 0.2) is 42.5 Å². The Morgan fingerprint density at radius 3 is 2.81 bits per heavy atom. The zero-order valence-electron chi connectivity index (χ0n) is 14.9. The standard InChI is InChI=1S/C20H20N2O5/c1-26-19(24)12-21-20(25)15-3-2-4-16(11-15)22-18(23)10-13-5-6-17-14(9-13)7-8-27-17/h2-6,9,11H,7-8,10,12H2,1H3,(H,21,25)(H,22,23). The van der Waals surface area contributed by atoms with Crippen LogP contribution in [0, 0.1) is 0 Å². The van der Waals surface area contributed by atoms with Crippen LogP contribution in [-0.4, -0.2) is 38.0 Å². The van der Waals surface area contributed by atoms with E-state index in [9.17, 15) is 14.4 Å². The van der Waals surface area contributed by atoms with E-state index in [0.717, 1.165) is 23.3 Å². The Bertz CT molecular complexity index is 878. The van der Waals surface area contributed by atoms with Gasteiger partial charge in [-0.25, -0.2) is 0 Å². The van der Waals surface area contributed by atoms with E-state index in [4.69, 9.17) is 4.74 Å². The summed E-state index contributed by atoms with van der Waals surface area (Å²) in [4.78, 5) is 35.5. The second kappa shape index (κ2) is 8.35. The van der Waals surface area contributed by atoms with Crippen molar-refractivity contribution >= 4 is 23.5 Å². The van der Waals surface area contributed by atoms with Gasteiger partial charge in [-0.1, -0.05) is 18.2 Å². The van der Waals surface area contributed by atoms with E-state index in [1.54, 1.807) is 24.3 Å². The summed E-state index contributed by atoms with van der Waals surface area (Å²) in [6, 6.07) is 12.3. The Kier molecular flexibility index (Phi) is 5.71. The van der Waals surface area contributed by atoms with E-state index >= 15 is 0 Å². The Morgan fingerprint density at radius 1 is 1.15 bits per heavy atom. The molecule has 7 nitrogen and oxygen atoms in total. The predicted octanol–water partition coefficient (Wildman–Crippen LogP) is 1.71. The van der Waals surface area contributed by atoms with Gasteiger partial charge in [-0.3, -0.25) is 14.4 Å². The van der Waals surface area contributed by atoms with Crippen molar-refractivity contribution in [3.05, 3.63) is 59.2 Å². The maximum Gasteiger partial charge on any atom is 0.325 e. The molecule has 2 N–H and O–H groups in total. The minimum absolute atomic E-state index is 0.180. The van der Waals surface area contributed by atoms with Gasteiger partial charge in [0.25, 0.3) is 5.91 Å². The first-order valence-electron chi connectivity index (χ1n) is 8.54. The molecule has 0 saturated heterocycles. The third-order valence-corrected chi connectivity index (χ3v) is 4.15. The number of carbonyl (C=O) groups is 3. The molecule has 0 aromatic heterocycles. The van der Waals surface area contributed by atoms with Crippen LogP contribution >= 0.6 is 0 Å². The third-order valence-electron chi connectivity index (χ3n) is 4.15. The summed E-state index contributed by atoms with van der Waals surface area (Å²) in [5.41, 5.74) is 2.87. The summed E-state index contributed by atoms with van der Waals surface area (Å²) >= 11 is 0. The molecule has 27 heavy (non-hydrogen) atoms. The van der Waals surface area contributed by atoms with Crippen molar-refractivity contribution in [3.63, 3.8) is 0 Å². The van der Waals surface area contributed by atoms with Gasteiger partial charge in [0.15, 0.2) is 0 Å². The van der Waals surface area contributed by atoms with Gasteiger partial charge < -0.3 is 20.1 Å². The van der Waals surface area contributed by atoms with Crippen LogP contribution in [-0.2, 0) is 27.2 Å². The van der Waals surface area contributed by atoms with Crippen LogP contribution in [0.25, 0.3) is 0 Å². The highest BCUT2D eigenvalue weighted by atomic mass is 16.5. The molecule has 2 aromatic rings. The van der Waals surface area contributed by atoms with Crippen molar-refractivity contribution in [2.75, 3.05) is 25.6 Å². The van der Waals surface area contributed by atoms with E-state index in [2.05, 4.69) is 15.4 Å². The maximum atomic E-state index is 12.3. The number of anilines is 1. The Balaban J connectivity index is 1.59. The first-order valence-corrected chi connectivity index (χ1v) is 8.54. The molecule has 2 amide bonds. The first-order chi connectivity index (χ1) is 13.0. The molecular weight excluding hydrogens is 348 g/mol. The number of hydrogen-bond acceptors (Lipinski definition) is 5. The number of nitrogens with one attached hydrogen (secondary N) is 2. The van der Waals surface area contributed by atoms with Crippen molar-refractivity contribution < 1.29 is 23.9 Å². The lowest BCUT2D eigenvalue weighted by Crippen LogP contribution is -2.30. The van der Waals surface area contributed by atoms with Gasteiger partial charge >= 0.3 is 5.97 Å². The normalized spacial score (nSPS) is 11.9. The lowest BCUT2D eigenvalue weighted by molar-refractivity contribution is -0.139. The predicted molar refractivity (Wildman–Crippen MR) is 98.8 cm³/mol. The highest BCUT2D eigenvalue weighted by Gasteiger charge is 2.14. The van der Waals surface area contributed by atoms with Gasteiger partial charge in [-0.05, 0) is 35.4 Å². The lowest BCUT2D eigenvalue weighted by Gasteiger charge is -2.09. The number of rotatable bonds is 6. The minimum Gasteiger partial charge on any atom is -0.493 e. The quantitative estimate of drug-likeness (QED) is 0.757. The smallest absolute Gasteiger partial charge is 0.325 e. The fourth-order valence-corrected chi connectivity index (χ4v) is 2.81. The van der Waals surface area contributed by atoms with Gasteiger partial charge in [0.05, 0.1) is 20.1 Å². The highest BCUT2D eigenvalue weighted by molar-refractivity contribution is 5.98. The van der Waals surface area contributed by atoms with Gasteiger partial charge in [0, 0.05) is 17.7 Å². The Labute approximate surface area is 156 Å². The average molecular weight is 368 g/mol. The number of benzene rings is 2. The van der Waals surface area contributed by atoms with Gasteiger partial charge in [0.2, 0.25) is 5.91 Å². The molecule has 1 heterocycles. The summed E-state index contributed by atoms with van der Waals surface area (Å²) in [6.07, 6.45) is 1.08. The molecule has 0 atom stereocenters. The third kappa shape index (κ3) is 4.84. The molecule has 2 aromatic carbocycles. The lowest BCUT2D eigenvalue weighted by atomic mass is 10.1. The van der Waals surface area contributed by atoms with Crippen LogP contribution in [0.2, 0.25) is 0 Å². The van der Waals surface area contributed by atoms with Crippen LogP contribution in [0.1, 0.15) is 21.5 Å². The summed E-state index contributed by atoms with van der Waals surface area (Å²) < 4.78 is 9.94. The van der Waals surface area contributed by atoms with Gasteiger partial charge in [-0.15, -0.1) is 0 Å². The van der Waals surface area contributed by atoms with E-state index in [1.165, 1.54) is 7.11 Å². The SMILES string of the molecule is COC(=O)CNC(=O)c1cccc(NC(=O)Cc2ccc3c(c2)CCO3)c1. The summed E-state index contributed by atoms with van der Waals surface area (Å²) in [7, 11) is 1.25. The molecule has 1 aliphatic rings. The highest BCUT2D eigenvalue weighted by Crippen LogP contribution is 2.26. The molecule has 1 aliphatic heterocycles. The maximum absolute atomic E-state index is 12.3. The molecule has 0 saturated carbocycles. The Hall–Kier alpha value is -3.35. The fraction of sp³-hybridized carbons (Fsp3) is 0.250. The van der Waals surface area contributed by atoms with Gasteiger partial charge in [0.1, 0.15) is 12.3 Å². The summed E-state index contributed by atoms with van der Waals surface area (Å²) in [5, 5.41) is 5.24. The van der Waals surface area contributed by atoms with E-state index in [1.807, 2.05) is 18.2 Å². The molecule has 3 rings (SSSR count). The fourth-order valence-electron chi connectivity index (χ4n) is 2.81. The summed E-state index contributed by atoms with van der Waals surface area (Å²) in [5.74, 6) is -0.256. The second-order valence-corrected chi connectivity index (χ2v) is 6.11. The van der Waals surface area contributed by atoms with Gasteiger partial charge in [-0.2, -0.15) is 0 Å². The van der Waals surface area contributed by atoms with E-state index in [0.29, 0.717) is 17.9 Å². The van der Waals surface area contributed by atoms with Crippen molar-refractivity contribution in [2.24, 2.45) is 0 Å². The number of amides is 2. The van der Waals surface area contributed by atoms with Crippen molar-refractivity contribution in [1.82, 2.24) is 5.32 Å². The molecule has 0 fully saturated rings. The number of hydrogen-bond donors (Lipinski definition) is 2. The molecule has 140 valence electrons. The zero-order valence-corrected chi connectivity index (χ0v) is 14.9. The van der Waals surface area contributed by atoms with Crippen molar-refractivity contribution in [3.8, 4) is 5.75 Å². The van der Waals surface area contributed by atoms with Crippen molar-refractivity contribution in [2.45, 2.75) is 12.8 Å².